The second-order valence-electron chi connectivity index (χ2n) is 8.18. The van der Waals surface area contributed by atoms with Crippen LogP contribution < -0.4 is 15.4 Å². The quantitative estimate of drug-likeness (QED) is 0.388. The van der Waals surface area contributed by atoms with Crippen molar-refractivity contribution in [1.29, 1.82) is 0 Å². The molecule has 7 nitrogen and oxygen atoms in total. The lowest BCUT2D eigenvalue weighted by Crippen LogP contribution is -2.27. The van der Waals surface area contributed by atoms with Crippen molar-refractivity contribution in [2.75, 3.05) is 26.0 Å². The Morgan fingerprint density at radius 3 is 2.50 bits per heavy atom. The topological polar surface area (TPSA) is 83.8 Å². The van der Waals surface area contributed by atoms with Crippen LogP contribution in [0.5, 0.6) is 5.75 Å². The van der Waals surface area contributed by atoms with Gasteiger partial charge in [0.05, 0.1) is 6.54 Å². The maximum atomic E-state index is 13.1. The van der Waals surface area contributed by atoms with Crippen molar-refractivity contribution < 1.29 is 18.7 Å². The number of ether oxygens (including phenoxy) is 1. The smallest absolute Gasteiger partial charge is 0.287 e. The number of anilines is 1. The van der Waals surface area contributed by atoms with Crippen molar-refractivity contribution in [1.82, 2.24) is 10.2 Å². The molecular weight excluding hydrogens is 430 g/mol. The first-order valence-electron chi connectivity index (χ1n) is 11.0. The van der Waals surface area contributed by atoms with Crippen LogP contribution in [0.4, 0.5) is 5.69 Å². The van der Waals surface area contributed by atoms with Gasteiger partial charge in [0.1, 0.15) is 17.9 Å². The second-order valence-corrected chi connectivity index (χ2v) is 8.18. The van der Waals surface area contributed by atoms with E-state index in [4.69, 9.17) is 9.15 Å². The number of nitrogens with one attached hydrogen (secondary N) is 2. The largest absolute Gasteiger partial charge is 0.489 e. The third kappa shape index (κ3) is 5.82. The molecule has 1 heterocycles. The van der Waals surface area contributed by atoms with Crippen molar-refractivity contribution in [3.63, 3.8) is 0 Å². The third-order valence-corrected chi connectivity index (χ3v) is 5.15. The fraction of sp³-hybridized carbons (Fsp3) is 0.185. The van der Waals surface area contributed by atoms with Gasteiger partial charge >= 0.3 is 0 Å². The van der Waals surface area contributed by atoms with E-state index in [9.17, 15) is 9.59 Å². The lowest BCUT2D eigenvalue weighted by atomic mass is 10.1. The van der Waals surface area contributed by atoms with Gasteiger partial charge in [-0.15, -0.1) is 0 Å². The first kappa shape index (κ1) is 23.1. The number of rotatable bonds is 9. The van der Waals surface area contributed by atoms with Crippen LogP contribution in [-0.2, 0) is 17.9 Å². The number of carbonyl (C=O) groups is 2. The van der Waals surface area contributed by atoms with Crippen molar-refractivity contribution in [2.24, 2.45) is 0 Å². The Labute approximate surface area is 198 Å². The Kier molecular flexibility index (Phi) is 7.25. The lowest BCUT2D eigenvalue weighted by Gasteiger charge is -2.11. The zero-order chi connectivity index (χ0) is 23.9. The number of para-hydroxylation sites is 2. The van der Waals surface area contributed by atoms with Crippen LogP contribution in [0.3, 0.4) is 0 Å². The van der Waals surface area contributed by atoms with E-state index >= 15 is 0 Å². The van der Waals surface area contributed by atoms with Gasteiger partial charge in [-0.2, -0.15) is 0 Å². The van der Waals surface area contributed by atoms with E-state index in [1.807, 2.05) is 93.0 Å². The van der Waals surface area contributed by atoms with Gasteiger partial charge in [-0.3, -0.25) is 9.59 Å². The predicted molar refractivity (Wildman–Crippen MR) is 132 cm³/mol. The lowest BCUT2D eigenvalue weighted by molar-refractivity contribution is -0.116. The highest BCUT2D eigenvalue weighted by Gasteiger charge is 2.21. The van der Waals surface area contributed by atoms with Gasteiger partial charge in [0.2, 0.25) is 5.91 Å². The van der Waals surface area contributed by atoms with E-state index in [-0.39, 0.29) is 30.7 Å². The number of benzene rings is 3. The number of hydrogen-bond acceptors (Lipinski definition) is 5. The van der Waals surface area contributed by atoms with Crippen LogP contribution in [0.1, 0.15) is 21.7 Å². The molecule has 0 unspecified atom stereocenters. The molecule has 3 aromatic carbocycles. The van der Waals surface area contributed by atoms with Crippen LogP contribution >= 0.6 is 0 Å². The molecule has 0 saturated carbocycles. The molecule has 2 N–H and O–H groups in total. The van der Waals surface area contributed by atoms with E-state index in [1.165, 1.54) is 0 Å². The highest BCUT2D eigenvalue weighted by molar-refractivity contribution is 5.99. The highest BCUT2D eigenvalue weighted by Crippen LogP contribution is 2.27. The number of fused-ring (bicyclic) bond motifs is 1. The fourth-order valence-electron chi connectivity index (χ4n) is 3.61. The molecule has 0 aliphatic rings. The summed E-state index contributed by atoms with van der Waals surface area (Å²) in [4.78, 5) is 26.9. The van der Waals surface area contributed by atoms with Crippen molar-refractivity contribution in [2.45, 2.75) is 13.2 Å². The zero-order valence-electron chi connectivity index (χ0n) is 19.2. The number of likely N-dealkylation sites (N-methyl/N-ethyl adjacent to an activating group) is 1. The predicted octanol–water partition coefficient (Wildman–Crippen LogP) is 4.44. The summed E-state index contributed by atoms with van der Waals surface area (Å²) in [5, 5.41) is 6.62. The zero-order valence-corrected chi connectivity index (χ0v) is 19.2. The normalized spacial score (nSPS) is 10.9. The molecule has 174 valence electrons. The minimum Gasteiger partial charge on any atom is -0.489 e. The van der Waals surface area contributed by atoms with Crippen molar-refractivity contribution >= 4 is 28.5 Å². The Balaban J connectivity index is 1.47. The average Bonchev–Trinajstić information content (AvgIpc) is 3.20. The molecular formula is C27H27N3O4. The van der Waals surface area contributed by atoms with E-state index < -0.39 is 0 Å². The van der Waals surface area contributed by atoms with Gasteiger partial charge < -0.3 is 24.7 Å². The standard InChI is InChI=1S/C27H27N3O4/c1-30(2)17-25(31)29-20-10-8-9-19(15-20)16-28-27(32)26-23(18-33-21-11-4-3-5-12-21)22-13-6-7-14-24(22)34-26/h3-15H,16-18H2,1-2H3,(H,28,32)(H,29,31). The molecule has 0 aliphatic carbocycles. The maximum Gasteiger partial charge on any atom is 0.287 e. The molecule has 4 aromatic rings. The van der Waals surface area contributed by atoms with Gasteiger partial charge in [0.15, 0.2) is 5.76 Å². The van der Waals surface area contributed by atoms with E-state index in [0.717, 1.165) is 10.9 Å². The average molecular weight is 458 g/mol. The summed E-state index contributed by atoms with van der Waals surface area (Å²) >= 11 is 0. The molecule has 0 aliphatic heterocycles. The molecule has 0 bridgehead atoms. The summed E-state index contributed by atoms with van der Waals surface area (Å²) in [6.07, 6.45) is 0. The van der Waals surface area contributed by atoms with E-state index in [0.29, 0.717) is 29.1 Å². The Hall–Kier alpha value is -4.10. The van der Waals surface area contributed by atoms with Gasteiger partial charge in [-0.05, 0) is 50.0 Å². The molecule has 7 heteroatoms. The summed E-state index contributed by atoms with van der Waals surface area (Å²) in [5.41, 5.74) is 2.86. The summed E-state index contributed by atoms with van der Waals surface area (Å²) < 4.78 is 11.8. The minimum atomic E-state index is -0.329. The van der Waals surface area contributed by atoms with Crippen LogP contribution in [0, 0.1) is 0 Å². The third-order valence-electron chi connectivity index (χ3n) is 5.15. The van der Waals surface area contributed by atoms with E-state index in [2.05, 4.69) is 10.6 Å². The Bertz CT molecular complexity index is 1280. The molecule has 0 fully saturated rings. The van der Waals surface area contributed by atoms with Gasteiger partial charge in [-0.1, -0.05) is 48.5 Å². The van der Waals surface area contributed by atoms with Crippen LogP contribution in [0.15, 0.2) is 83.3 Å². The van der Waals surface area contributed by atoms with Gasteiger partial charge in [0, 0.05) is 23.2 Å². The summed E-state index contributed by atoms with van der Waals surface area (Å²) in [5.74, 6) is 0.515. The molecule has 34 heavy (non-hydrogen) atoms. The van der Waals surface area contributed by atoms with Crippen molar-refractivity contribution in [3.8, 4) is 5.75 Å². The molecule has 0 saturated heterocycles. The molecule has 1 aromatic heterocycles. The Morgan fingerprint density at radius 2 is 1.71 bits per heavy atom. The number of amides is 2. The van der Waals surface area contributed by atoms with Crippen molar-refractivity contribution in [3.05, 3.63) is 95.7 Å². The van der Waals surface area contributed by atoms with E-state index in [1.54, 1.807) is 4.90 Å². The number of furan rings is 1. The summed E-state index contributed by atoms with van der Waals surface area (Å²) in [6, 6.07) is 24.3. The monoisotopic (exact) mass is 457 g/mol. The van der Waals surface area contributed by atoms with Gasteiger partial charge in [-0.25, -0.2) is 0 Å². The first-order chi connectivity index (χ1) is 16.5. The molecule has 0 atom stereocenters. The van der Waals surface area contributed by atoms with Crippen LogP contribution in [0.25, 0.3) is 11.0 Å². The summed E-state index contributed by atoms with van der Waals surface area (Å²) in [6.45, 7) is 0.782. The first-order valence-corrected chi connectivity index (χ1v) is 11.0. The molecule has 0 radical (unpaired) electrons. The number of nitrogens with zero attached hydrogens (tertiary/aromatic N) is 1. The molecule has 2 amide bonds. The SMILES string of the molecule is CN(C)CC(=O)Nc1cccc(CNC(=O)c2oc3ccccc3c2COc2ccccc2)c1. The molecule has 0 spiro atoms. The summed E-state index contributed by atoms with van der Waals surface area (Å²) in [7, 11) is 3.67. The van der Waals surface area contributed by atoms with Gasteiger partial charge in [0.25, 0.3) is 5.91 Å². The number of carbonyl (C=O) groups excluding carboxylic acids is 2. The number of hydrogen-bond donors (Lipinski definition) is 2. The van der Waals surface area contributed by atoms with Crippen LogP contribution in [-0.4, -0.2) is 37.4 Å². The van der Waals surface area contributed by atoms with Crippen LogP contribution in [0.2, 0.25) is 0 Å². The second kappa shape index (κ2) is 10.7. The highest BCUT2D eigenvalue weighted by atomic mass is 16.5. The maximum absolute atomic E-state index is 13.1. The minimum absolute atomic E-state index is 0.100. The Morgan fingerprint density at radius 1 is 0.941 bits per heavy atom. The fourth-order valence-corrected chi connectivity index (χ4v) is 3.61. The molecule has 4 rings (SSSR count).